The molecule has 0 aliphatic carbocycles. The van der Waals surface area contributed by atoms with Crippen molar-refractivity contribution in [3.63, 3.8) is 0 Å². The van der Waals surface area contributed by atoms with Gasteiger partial charge in [0, 0.05) is 20.1 Å². The van der Waals surface area contributed by atoms with Crippen LogP contribution in [0.5, 0.6) is 0 Å². The summed E-state index contributed by atoms with van der Waals surface area (Å²) in [6.07, 6.45) is 1.32. The van der Waals surface area contributed by atoms with Crippen LogP contribution in [-0.2, 0) is 11.3 Å². The second-order valence-corrected chi connectivity index (χ2v) is 7.43. The lowest BCUT2D eigenvalue weighted by Gasteiger charge is -2.38. The first-order valence-electron chi connectivity index (χ1n) is 8.72. The van der Waals surface area contributed by atoms with Crippen LogP contribution in [0.1, 0.15) is 29.0 Å². The molecule has 3 rings (SSSR count). The summed E-state index contributed by atoms with van der Waals surface area (Å²) >= 11 is 0. The SMILES string of the molecule is Cc1cc(C(=O)N2CCC[C@]3(CN(C)C(=O)O3)C2)n(CCN(C)C)n1. The fourth-order valence-electron chi connectivity index (χ4n) is 3.62. The molecule has 138 valence electrons. The summed E-state index contributed by atoms with van der Waals surface area (Å²) in [7, 11) is 5.73. The summed E-state index contributed by atoms with van der Waals surface area (Å²) in [6, 6.07) is 1.84. The number of piperidine rings is 1. The number of likely N-dealkylation sites (tertiary alicyclic amines) is 1. The largest absolute Gasteiger partial charge is 0.439 e. The number of amides is 2. The molecule has 1 spiro atoms. The Kier molecular flexibility index (Phi) is 4.73. The van der Waals surface area contributed by atoms with Gasteiger partial charge in [0.2, 0.25) is 0 Å². The summed E-state index contributed by atoms with van der Waals surface area (Å²) in [6.45, 7) is 5.04. The van der Waals surface area contributed by atoms with Crippen LogP contribution in [0.25, 0.3) is 0 Å². The zero-order chi connectivity index (χ0) is 18.2. The summed E-state index contributed by atoms with van der Waals surface area (Å²) in [5, 5.41) is 4.46. The number of aryl methyl sites for hydroxylation is 1. The van der Waals surface area contributed by atoms with Crippen LogP contribution in [0.2, 0.25) is 0 Å². The molecule has 0 unspecified atom stereocenters. The number of hydrogen-bond acceptors (Lipinski definition) is 5. The maximum Gasteiger partial charge on any atom is 0.410 e. The van der Waals surface area contributed by atoms with Crippen molar-refractivity contribution >= 4 is 12.0 Å². The van der Waals surface area contributed by atoms with E-state index in [0.29, 0.717) is 31.9 Å². The maximum atomic E-state index is 13.1. The highest BCUT2D eigenvalue weighted by Crippen LogP contribution is 2.32. The fraction of sp³-hybridized carbons (Fsp3) is 0.706. The van der Waals surface area contributed by atoms with Gasteiger partial charge >= 0.3 is 6.09 Å². The monoisotopic (exact) mass is 349 g/mol. The molecular weight excluding hydrogens is 322 g/mol. The second kappa shape index (κ2) is 6.67. The topological polar surface area (TPSA) is 70.9 Å². The van der Waals surface area contributed by atoms with Gasteiger partial charge in [-0.15, -0.1) is 0 Å². The van der Waals surface area contributed by atoms with Crippen molar-refractivity contribution in [1.29, 1.82) is 0 Å². The van der Waals surface area contributed by atoms with Crippen molar-refractivity contribution < 1.29 is 14.3 Å². The van der Waals surface area contributed by atoms with Gasteiger partial charge in [-0.25, -0.2) is 4.79 Å². The minimum atomic E-state index is -0.566. The number of rotatable bonds is 4. The third kappa shape index (κ3) is 3.63. The van der Waals surface area contributed by atoms with E-state index in [1.807, 2.05) is 27.1 Å². The first-order valence-corrected chi connectivity index (χ1v) is 8.72. The van der Waals surface area contributed by atoms with Crippen molar-refractivity contribution in [2.24, 2.45) is 0 Å². The van der Waals surface area contributed by atoms with E-state index in [0.717, 1.165) is 25.1 Å². The number of ether oxygens (including phenoxy) is 1. The predicted octanol–water partition coefficient (Wildman–Crippen LogP) is 0.810. The molecular formula is C17H27N5O3. The van der Waals surface area contributed by atoms with Crippen molar-refractivity contribution in [2.45, 2.75) is 31.9 Å². The van der Waals surface area contributed by atoms with E-state index in [-0.39, 0.29) is 12.0 Å². The zero-order valence-corrected chi connectivity index (χ0v) is 15.5. The summed E-state index contributed by atoms with van der Waals surface area (Å²) < 4.78 is 7.38. The Balaban J connectivity index is 1.76. The average Bonchev–Trinajstić information content (AvgIpc) is 3.04. The van der Waals surface area contributed by atoms with Crippen LogP contribution in [0.4, 0.5) is 4.79 Å². The molecule has 1 atom stereocenters. The lowest BCUT2D eigenvalue weighted by molar-refractivity contribution is -0.00564. The zero-order valence-electron chi connectivity index (χ0n) is 15.5. The van der Waals surface area contributed by atoms with Crippen LogP contribution in [0.3, 0.4) is 0 Å². The van der Waals surface area contributed by atoms with E-state index in [2.05, 4.69) is 10.00 Å². The molecule has 2 saturated heterocycles. The number of aromatic nitrogens is 2. The molecule has 2 fully saturated rings. The molecule has 25 heavy (non-hydrogen) atoms. The fourth-order valence-corrected chi connectivity index (χ4v) is 3.62. The van der Waals surface area contributed by atoms with Crippen LogP contribution in [-0.4, -0.2) is 89.4 Å². The minimum absolute atomic E-state index is 0.0379. The normalized spacial score (nSPS) is 23.6. The molecule has 1 aromatic heterocycles. The van der Waals surface area contributed by atoms with E-state index in [4.69, 9.17) is 4.74 Å². The standard InChI is InChI=1S/C17H27N5O3/c1-13-10-14(22(18-13)9-8-19(2)3)15(23)21-7-5-6-17(12-21)11-20(4)16(24)25-17/h10H,5-9,11-12H2,1-4H3/t17-/m0/s1. The number of carbonyl (C=O) groups is 2. The first-order chi connectivity index (χ1) is 11.8. The predicted molar refractivity (Wildman–Crippen MR) is 92.5 cm³/mol. The highest BCUT2D eigenvalue weighted by Gasteiger charge is 2.47. The Hall–Kier alpha value is -2.09. The molecule has 2 aliphatic heterocycles. The maximum absolute atomic E-state index is 13.1. The van der Waals surface area contributed by atoms with Crippen LogP contribution < -0.4 is 0 Å². The first kappa shape index (κ1) is 17.7. The van der Waals surface area contributed by atoms with Crippen molar-refractivity contribution in [3.05, 3.63) is 17.5 Å². The Morgan fingerprint density at radius 1 is 1.40 bits per heavy atom. The van der Waals surface area contributed by atoms with Crippen molar-refractivity contribution in [2.75, 3.05) is 47.3 Å². The van der Waals surface area contributed by atoms with Gasteiger partial charge in [0.1, 0.15) is 11.3 Å². The quantitative estimate of drug-likeness (QED) is 0.804. The third-order valence-corrected chi connectivity index (χ3v) is 4.85. The van der Waals surface area contributed by atoms with Gasteiger partial charge in [0.15, 0.2) is 0 Å². The molecule has 0 N–H and O–H groups in total. The highest BCUT2D eigenvalue weighted by atomic mass is 16.6. The smallest absolute Gasteiger partial charge is 0.410 e. The summed E-state index contributed by atoms with van der Waals surface area (Å²) in [4.78, 5) is 30.3. The van der Waals surface area contributed by atoms with Gasteiger partial charge in [-0.05, 0) is 39.9 Å². The lowest BCUT2D eigenvalue weighted by atomic mass is 9.92. The van der Waals surface area contributed by atoms with Crippen molar-refractivity contribution in [3.8, 4) is 0 Å². The Morgan fingerprint density at radius 2 is 2.16 bits per heavy atom. The van der Waals surface area contributed by atoms with Crippen LogP contribution in [0, 0.1) is 6.92 Å². The molecule has 2 aliphatic rings. The molecule has 8 nitrogen and oxygen atoms in total. The second-order valence-electron chi connectivity index (χ2n) is 7.43. The third-order valence-electron chi connectivity index (χ3n) is 4.85. The Labute approximate surface area is 148 Å². The average molecular weight is 349 g/mol. The summed E-state index contributed by atoms with van der Waals surface area (Å²) in [5.41, 5.74) is 0.874. The number of hydrogen-bond donors (Lipinski definition) is 0. The van der Waals surface area contributed by atoms with E-state index >= 15 is 0 Å². The Bertz CT molecular complexity index is 671. The number of likely N-dealkylation sites (N-methyl/N-ethyl adjacent to an activating group) is 2. The number of carbonyl (C=O) groups excluding carboxylic acids is 2. The van der Waals surface area contributed by atoms with Crippen molar-refractivity contribution in [1.82, 2.24) is 24.5 Å². The molecule has 8 heteroatoms. The molecule has 0 saturated carbocycles. The molecule has 1 aromatic rings. The lowest BCUT2D eigenvalue weighted by Crippen LogP contribution is -2.52. The van der Waals surface area contributed by atoms with Gasteiger partial charge in [-0.1, -0.05) is 0 Å². The van der Waals surface area contributed by atoms with E-state index < -0.39 is 5.60 Å². The molecule has 0 radical (unpaired) electrons. The van der Waals surface area contributed by atoms with E-state index in [1.165, 1.54) is 0 Å². The van der Waals surface area contributed by atoms with Gasteiger partial charge in [-0.2, -0.15) is 5.10 Å². The van der Waals surface area contributed by atoms with E-state index in [9.17, 15) is 9.59 Å². The van der Waals surface area contributed by atoms with Gasteiger partial charge < -0.3 is 19.4 Å². The van der Waals surface area contributed by atoms with Gasteiger partial charge in [0.05, 0.1) is 25.3 Å². The summed E-state index contributed by atoms with van der Waals surface area (Å²) in [5.74, 6) is -0.0379. The highest BCUT2D eigenvalue weighted by molar-refractivity contribution is 5.93. The van der Waals surface area contributed by atoms with Gasteiger partial charge in [-0.3, -0.25) is 9.48 Å². The van der Waals surface area contributed by atoms with E-state index in [1.54, 1.807) is 21.5 Å². The number of nitrogens with zero attached hydrogens (tertiary/aromatic N) is 5. The van der Waals surface area contributed by atoms with Crippen LogP contribution in [0.15, 0.2) is 6.07 Å². The minimum Gasteiger partial charge on any atom is -0.439 e. The van der Waals surface area contributed by atoms with Gasteiger partial charge in [0.25, 0.3) is 5.91 Å². The molecule has 0 aromatic carbocycles. The molecule has 2 amide bonds. The molecule has 0 bridgehead atoms. The molecule has 3 heterocycles. The van der Waals surface area contributed by atoms with Crippen LogP contribution >= 0.6 is 0 Å². The Morgan fingerprint density at radius 3 is 2.80 bits per heavy atom.